The number of nitrogens with zero attached hydrogens (tertiary/aromatic N) is 2. The van der Waals surface area contributed by atoms with Crippen LogP contribution in [0.3, 0.4) is 0 Å². The fraction of sp³-hybridized carbons (Fsp3) is 0.667. The largest absolute Gasteiger partial charge is 0.593 e. The number of carbonyl (C=O) groups excluding carboxylic acids is 1. The first-order valence-corrected chi connectivity index (χ1v) is 3.26. The average molecular weight is 140 g/mol. The van der Waals surface area contributed by atoms with E-state index >= 15 is 0 Å². The number of hydrogen-bond donors (Lipinski definition) is 1. The summed E-state index contributed by atoms with van der Waals surface area (Å²) in [6, 6.07) is -0.0914. The van der Waals surface area contributed by atoms with Crippen LogP contribution in [0.4, 0.5) is 0 Å². The van der Waals surface area contributed by atoms with E-state index < -0.39 is 0 Å². The zero-order valence-electron chi connectivity index (χ0n) is 5.66. The van der Waals surface area contributed by atoms with Crippen LogP contribution in [-0.2, 0) is 4.79 Å². The molecule has 1 atom stereocenters. The van der Waals surface area contributed by atoms with E-state index in [0.29, 0.717) is 6.42 Å². The summed E-state index contributed by atoms with van der Waals surface area (Å²) < 4.78 is 0. The van der Waals surface area contributed by atoms with Gasteiger partial charge in [-0.1, -0.05) is 0 Å². The molecule has 0 saturated carbocycles. The third kappa shape index (κ3) is 1.40. The maximum absolute atomic E-state index is 10.0. The third-order valence-corrected chi connectivity index (χ3v) is 1.52. The van der Waals surface area contributed by atoms with Gasteiger partial charge >= 0.3 is 0 Å². The Kier molecular flexibility index (Phi) is 2.53. The highest BCUT2D eigenvalue weighted by Crippen LogP contribution is 2.14. The summed E-state index contributed by atoms with van der Waals surface area (Å²) in [6.45, 7) is 1.72. The van der Waals surface area contributed by atoms with E-state index in [1.165, 1.54) is 6.21 Å². The molecule has 1 fully saturated rings. The minimum absolute atomic E-state index is 0.0914. The summed E-state index contributed by atoms with van der Waals surface area (Å²) in [5.41, 5.74) is 3.98. The third-order valence-electron chi connectivity index (χ3n) is 1.52. The lowest BCUT2D eigenvalue weighted by Gasteiger charge is -2.51. The van der Waals surface area contributed by atoms with Gasteiger partial charge in [0.1, 0.15) is 6.29 Å². The molecule has 0 aromatic carbocycles. The molecule has 0 spiro atoms. The summed E-state index contributed by atoms with van der Waals surface area (Å²) >= 11 is 0. The van der Waals surface area contributed by atoms with E-state index in [2.05, 4.69) is 5.43 Å². The summed E-state index contributed by atoms with van der Waals surface area (Å²) in [5.74, 6) is 0. The Morgan fingerprint density at radius 2 is 2.50 bits per heavy atom. The van der Waals surface area contributed by atoms with Crippen molar-refractivity contribution in [3.05, 3.63) is 5.43 Å². The molecule has 0 aromatic heterocycles. The molecule has 0 radical (unpaired) electrons. The lowest BCUT2D eigenvalue weighted by molar-refractivity contribution is -0.108. The molecular weight excluding hydrogens is 130 g/mol. The van der Waals surface area contributed by atoms with Crippen molar-refractivity contribution >= 4 is 12.5 Å². The summed E-state index contributed by atoms with van der Waals surface area (Å²) in [5, 5.41) is 8.71. The Morgan fingerprint density at radius 1 is 1.80 bits per heavy atom. The van der Waals surface area contributed by atoms with Gasteiger partial charge in [-0.2, -0.15) is 0 Å². The molecule has 0 aromatic rings. The fourth-order valence-corrected chi connectivity index (χ4v) is 0.861. The fourth-order valence-electron chi connectivity index (χ4n) is 0.861. The van der Waals surface area contributed by atoms with Crippen LogP contribution in [0.15, 0.2) is 0 Å². The van der Waals surface area contributed by atoms with Crippen LogP contribution in [0.25, 0.3) is 5.43 Å². The molecule has 10 heavy (non-hydrogen) atoms. The van der Waals surface area contributed by atoms with Gasteiger partial charge in [-0.3, -0.25) is 0 Å². The van der Waals surface area contributed by atoms with Gasteiger partial charge in [-0.15, -0.1) is 6.54 Å². The van der Waals surface area contributed by atoms with Gasteiger partial charge in [0.2, 0.25) is 0 Å². The molecule has 1 unspecified atom stereocenters. The topological polar surface area (TPSA) is 58.3 Å². The molecule has 1 heterocycles. The number of rotatable bonds is 4. The van der Waals surface area contributed by atoms with Gasteiger partial charge in [0, 0.05) is 18.7 Å². The normalized spacial score (nSPS) is 21.2. The van der Waals surface area contributed by atoms with Gasteiger partial charge in [0.05, 0.1) is 0 Å². The quantitative estimate of drug-likeness (QED) is 0.448. The summed E-state index contributed by atoms with van der Waals surface area (Å²) in [7, 11) is 0. The van der Waals surface area contributed by atoms with E-state index in [0.717, 1.165) is 19.4 Å². The highest BCUT2D eigenvalue weighted by atomic mass is 16.1. The Morgan fingerprint density at radius 3 is 2.80 bits per heavy atom. The van der Waals surface area contributed by atoms with Crippen LogP contribution in [0.1, 0.15) is 6.42 Å². The average Bonchev–Trinajstić information content (AvgIpc) is 1.83. The first-order chi connectivity index (χ1) is 4.88. The highest BCUT2D eigenvalue weighted by molar-refractivity contribution is 5.67. The van der Waals surface area contributed by atoms with Crippen molar-refractivity contribution in [1.29, 1.82) is 5.41 Å². The Hall–Kier alpha value is -0.740. The number of hydrogen-bond acceptors (Lipinski definition) is 3. The van der Waals surface area contributed by atoms with Gasteiger partial charge in [-0.05, 0) is 6.54 Å². The second-order valence-electron chi connectivity index (χ2n) is 2.16. The number of carbonyl (C=O) groups is 1. The molecule has 1 saturated heterocycles. The van der Waals surface area contributed by atoms with E-state index in [9.17, 15) is 4.79 Å². The highest BCUT2D eigenvalue weighted by Gasteiger charge is 2.10. The first-order valence-electron chi connectivity index (χ1n) is 3.26. The van der Waals surface area contributed by atoms with Crippen molar-refractivity contribution in [3.8, 4) is 0 Å². The van der Waals surface area contributed by atoms with E-state index in [1.54, 1.807) is 5.01 Å². The van der Waals surface area contributed by atoms with Gasteiger partial charge in [0.25, 0.3) is 0 Å². The molecule has 1 N–H and O–H groups in total. The minimum Gasteiger partial charge on any atom is -0.593 e. The van der Waals surface area contributed by atoms with Gasteiger partial charge < -0.3 is 20.6 Å². The minimum atomic E-state index is -0.0914. The van der Waals surface area contributed by atoms with Crippen molar-refractivity contribution < 1.29 is 4.79 Å². The lowest BCUT2D eigenvalue weighted by Crippen LogP contribution is -2.43. The predicted octanol–water partition coefficient (Wildman–Crippen LogP) is 0.198. The zero-order chi connectivity index (χ0) is 7.40. The van der Waals surface area contributed by atoms with E-state index in [-0.39, 0.29) is 6.04 Å². The molecule has 1 aliphatic rings. The van der Waals surface area contributed by atoms with Crippen LogP contribution in [0.2, 0.25) is 0 Å². The van der Waals surface area contributed by atoms with Crippen LogP contribution in [0.5, 0.6) is 0 Å². The van der Waals surface area contributed by atoms with Crippen LogP contribution in [-0.4, -0.2) is 36.6 Å². The SMILES string of the molecule is N=CC(CC=O)N1CC[N-]1. The lowest BCUT2D eigenvalue weighted by atomic mass is 10.2. The standard InChI is InChI=1S/C6H10N3O/c7-5-6(1-4-10)9-3-2-8-9/h4-7H,1-3H2/q-1. The van der Waals surface area contributed by atoms with Gasteiger partial charge in [0.15, 0.2) is 0 Å². The van der Waals surface area contributed by atoms with Crippen molar-refractivity contribution in [2.45, 2.75) is 12.5 Å². The molecule has 0 aliphatic carbocycles. The number of aldehydes is 1. The molecule has 4 nitrogen and oxygen atoms in total. The van der Waals surface area contributed by atoms with Crippen molar-refractivity contribution in [1.82, 2.24) is 5.01 Å². The van der Waals surface area contributed by atoms with Crippen molar-refractivity contribution in [3.63, 3.8) is 0 Å². The summed E-state index contributed by atoms with van der Waals surface area (Å²) in [4.78, 5) is 10.0. The first kappa shape index (κ1) is 7.37. The van der Waals surface area contributed by atoms with Crippen LogP contribution in [0, 0.1) is 5.41 Å². The second kappa shape index (κ2) is 3.43. The monoisotopic (exact) mass is 140 g/mol. The van der Waals surface area contributed by atoms with E-state index in [4.69, 9.17) is 5.41 Å². The maximum Gasteiger partial charge on any atom is 0.121 e. The predicted molar refractivity (Wildman–Crippen MR) is 38.2 cm³/mol. The molecular formula is C6H10N3O-. The Balaban J connectivity index is 2.30. The smallest absolute Gasteiger partial charge is 0.121 e. The molecule has 1 rings (SSSR count). The summed E-state index contributed by atoms with van der Waals surface area (Å²) in [6.07, 6.45) is 2.47. The molecule has 56 valence electrons. The Labute approximate surface area is 59.7 Å². The van der Waals surface area contributed by atoms with Crippen molar-refractivity contribution in [2.24, 2.45) is 0 Å². The van der Waals surface area contributed by atoms with Gasteiger partial charge in [-0.25, -0.2) is 0 Å². The molecule has 1 aliphatic heterocycles. The molecule has 0 amide bonds. The molecule has 4 heteroatoms. The van der Waals surface area contributed by atoms with Crippen LogP contribution < -0.4 is 0 Å². The maximum atomic E-state index is 10.0. The van der Waals surface area contributed by atoms with Crippen LogP contribution >= 0.6 is 0 Å². The van der Waals surface area contributed by atoms with E-state index in [1.807, 2.05) is 0 Å². The number of nitrogens with one attached hydrogen (secondary N) is 1. The second-order valence-corrected chi connectivity index (χ2v) is 2.16. The zero-order valence-corrected chi connectivity index (χ0v) is 5.66. The Bertz CT molecular complexity index is 133. The molecule has 0 bridgehead atoms. The van der Waals surface area contributed by atoms with Crippen molar-refractivity contribution in [2.75, 3.05) is 13.1 Å².